The highest BCUT2D eigenvalue weighted by atomic mass is 35.5. The van der Waals surface area contributed by atoms with Gasteiger partial charge in [-0.05, 0) is 42.5 Å². The molecule has 0 N–H and O–H groups in total. The van der Waals surface area contributed by atoms with E-state index in [4.69, 9.17) is 11.6 Å². The molecule has 2 rings (SSSR count). The Kier molecular flexibility index (Phi) is 4.48. The quantitative estimate of drug-likeness (QED) is 0.545. The largest absolute Gasteiger partial charge is 0.207 e. The second-order valence-corrected chi connectivity index (χ2v) is 5.57. The summed E-state index contributed by atoms with van der Waals surface area (Å²) < 4.78 is 27.0. The molecule has 4 heteroatoms. The molecular formula is C15H13ClF2S. The van der Waals surface area contributed by atoms with Crippen molar-refractivity contribution in [1.29, 1.82) is 0 Å². The summed E-state index contributed by atoms with van der Waals surface area (Å²) in [7, 11) is 0. The molecule has 0 fully saturated rings. The molecule has 0 aromatic heterocycles. The van der Waals surface area contributed by atoms with Crippen LogP contribution in [0.2, 0.25) is 0 Å². The SMILES string of the molecule is CSc1ccc(C(Cl)c2cc(C)c(F)cc2F)cc1. The van der Waals surface area contributed by atoms with Gasteiger partial charge in [0.15, 0.2) is 0 Å². The lowest BCUT2D eigenvalue weighted by Crippen LogP contribution is -1.99. The number of hydrogen-bond donors (Lipinski definition) is 0. The molecule has 0 saturated carbocycles. The summed E-state index contributed by atoms with van der Waals surface area (Å²) in [5.41, 5.74) is 1.49. The number of benzene rings is 2. The maximum absolute atomic E-state index is 13.8. The first-order chi connectivity index (χ1) is 9.02. The van der Waals surface area contributed by atoms with Crippen LogP contribution in [0.15, 0.2) is 41.3 Å². The molecule has 0 aliphatic heterocycles. The van der Waals surface area contributed by atoms with Crippen molar-refractivity contribution >= 4 is 23.4 Å². The Morgan fingerprint density at radius 2 is 1.68 bits per heavy atom. The van der Waals surface area contributed by atoms with E-state index in [0.717, 1.165) is 16.5 Å². The predicted octanol–water partition coefficient (Wildman–Crippen LogP) is 5.32. The van der Waals surface area contributed by atoms with Crippen LogP contribution in [0.1, 0.15) is 22.1 Å². The van der Waals surface area contributed by atoms with Crippen LogP contribution in [-0.2, 0) is 0 Å². The number of hydrogen-bond acceptors (Lipinski definition) is 1. The molecule has 0 aliphatic carbocycles. The van der Waals surface area contributed by atoms with Crippen molar-refractivity contribution < 1.29 is 8.78 Å². The minimum Gasteiger partial charge on any atom is -0.207 e. The van der Waals surface area contributed by atoms with E-state index in [1.165, 1.54) is 6.07 Å². The zero-order valence-electron chi connectivity index (χ0n) is 10.6. The molecule has 0 bridgehead atoms. The van der Waals surface area contributed by atoms with E-state index in [9.17, 15) is 8.78 Å². The molecule has 2 aromatic carbocycles. The van der Waals surface area contributed by atoms with Gasteiger partial charge in [-0.1, -0.05) is 12.1 Å². The summed E-state index contributed by atoms with van der Waals surface area (Å²) in [6, 6.07) is 9.94. The molecule has 0 nitrogen and oxygen atoms in total. The van der Waals surface area contributed by atoms with Crippen LogP contribution in [0, 0.1) is 18.6 Å². The average molecular weight is 299 g/mol. The van der Waals surface area contributed by atoms with Gasteiger partial charge in [-0.25, -0.2) is 8.78 Å². The minimum absolute atomic E-state index is 0.303. The molecule has 0 spiro atoms. The Hall–Kier alpha value is -1.06. The highest BCUT2D eigenvalue weighted by Gasteiger charge is 2.17. The number of alkyl halides is 1. The van der Waals surface area contributed by atoms with Gasteiger partial charge in [-0.3, -0.25) is 0 Å². The fourth-order valence-electron chi connectivity index (χ4n) is 1.83. The summed E-state index contributed by atoms with van der Waals surface area (Å²) in [4.78, 5) is 1.11. The highest BCUT2D eigenvalue weighted by molar-refractivity contribution is 7.98. The fraction of sp³-hybridized carbons (Fsp3) is 0.200. The molecule has 0 saturated heterocycles. The monoisotopic (exact) mass is 298 g/mol. The smallest absolute Gasteiger partial charge is 0.131 e. The van der Waals surface area contributed by atoms with Gasteiger partial charge in [0, 0.05) is 16.5 Å². The van der Waals surface area contributed by atoms with Gasteiger partial charge >= 0.3 is 0 Å². The molecule has 1 unspecified atom stereocenters. The van der Waals surface area contributed by atoms with Gasteiger partial charge in [-0.15, -0.1) is 23.4 Å². The first-order valence-corrected chi connectivity index (χ1v) is 7.42. The standard InChI is InChI=1S/C15H13ClF2S/c1-9-7-12(14(18)8-13(9)17)15(16)10-3-5-11(19-2)6-4-10/h3-8,15H,1-2H3. The number of halogens is 3. The van der Waals surface area contributed by atoms with Gasteiger partial charge in [0.25, 0.3) is 0 Å². The molecule has 100 valence electrons. The van der Waals surface area contributed by atoms with Crippen molar-refractivity contribution in [3.05, 3.63) is 64.7 Å². The van der Waals surface area contributed by atoms with Crippen LogP contribution in [0.3, 0.4) is 0 Å². The van der Waals surface area contributed by atoms with Crippen molar-refractivity contribution in [3.8, 4) is 0 Å². The summed E-state index contributed by atoms with van der Waals surface area (Å²) >= 11 is 7.91. The first-order valence-electron chi connectivity index (χ1n) is 5.76. The van der Waals surface area contributed by atoms with Gasteiger partial charge in [-0.2, -0.15) is 0 Å². The zero-order chi connectivity index (χ0) is 14.0. The first kappa shape index (κ1) is 14.4. The third-order valence-electron chi connectivity index (χ3n) is 2.96. The molecule has 2 aromatic rings. The van der Waals surface area contributed by atoms with E-state index >= 15 is 0 Å². The van der Waals surface area contributed by atoms with Crippen LogP contribution in [-0.4, -0.2) is 6.26 Å². The van der Waals surface area contributed by atoms with Gasteiger partial charge in [0.1, 0.15) is 11.6 Å². The topological polar surface area (TPSA) is 0 Å². The van der Waals surface area contributed by atoms with Gasteiger partial charge in [0.05, 0.1) is 5.38 Å². The molecular weight excluding hydrogens is 286 g/mol. The number of aryl methyl sites for hydroxylation is 1. The van der Waals surface area contributed by atoms with Crippen LogP contribution in [0.25, 0.3) is 0 Å². The maximum Gasteiger partial charge on any atom is 0.131 e. The normalized spacial score (nSPS) is 12.5. The van der Waals surface area contributed by atoms with E-state index in [1.54, 1.807) is 18.7 Å². The third kappa shape index (κ3) is 3.10. The van der Waals surface area contributed by atoms with Gasteiger partial charge in [0.2, 0.25) is 0 Å². The van der Waals surface area contributed by atoms with E-state index in [1.807, 2.05) is 30.5 Å². The highest BCUT2D eigenvalue weighted by Crippen LogP contribution is 2.32. The Balaban J connectivity index is 2.37. The molecule has 0 amide bonds. The lowest BCUT2D eigenvalue weighted by atomic mass is 10.0. The molecule has 0 radical (unpaired) electrons. The second kappa shape index (κ2) is 5.93. The van der Waals surface area contributed by atoms with Gasteiger partial charge < -0.3 is 0 Å². The van der Waals surface area contributed by atoms with Crippen molar-refractivity contribution in [1.82, 2.24) is 0 Å². The van der Waals surface area contributed by atoms with Crippen molar-refractivity contribution in [3.63, 3.8) is 0 Å². The van der Waals surface area contributed by atoms with Crippen LogP contribution < -0.4 is 0 Å². The van der Waals surface area contributed by atoms with E-state index in [-0.39, 0.29) is 0 Å². The summed E-state index contributed by atoms with van der Waals surface area (Å²) in [5, 5.41) is -0.616. The van der Waals surface area contributed by atoms with Crippen molar-refractivity contribution in [2.75, 3.05) is 6.26 Å². The third-order valence-corrected chi connectivity index (χ3v) is 4.19. The summed E-state index contributed by atoms with van der Waals surface area (Å²) in [6.45, 7) is 1.60. The lowest BCUT2D eigenvalue weighted by molar-refractivity contribution is 0.568. The predicted molar refractivity (Wildman–Crippen MR) is 77.0 cm³/mol. The van der Waals surface area contributed by atoms with Crippen molar-refractivity contribution in [2.45, 2.75) is 17.2 Å². The zero-order valence-corrected chi connectivity index (χ0v) is 12.2. The van der Waals surface area contributed by atoms with E-state index in [2.05, 4.69) is 0 Å². The van der Waals surface area contributed by atoms with E-state index < -0.39 is 17.0 Å². The van der Waals surface area contributed by atoms with Crippen molar-refractivity contribution in [2.24, 2.45) is 0 Å². The number of rotatable bonds is 3. The number of thioether (sulfide) groups is 1. The van der Waals surface area contributed by atoms with Crippen LogP contribution in [0.4, 0.5) is 8.78 Å². The molecule has 0 aliphatic rings. The Labute approximate surface area is 120 Å². The second-order valence-electron chi connectivity index (χ2n) is 4.26. The maximum atomic E-state index is 13.8. The van der Waals surface area contributed by atoms with Crippen LogP contribution >= 0.6 is 23.4 Å². The Morgan fingerprint density at radius 3 is 2.26 bits per heavy atom. The molecule has 1 atom stereocenters. The average Bonchev–Trinajstić information content (AvgIpc) is 2.42. The fourth-order valence-corrected chi connectivity index (χ4v) is 2.55. The Bertz CT molecular complexity index is 581. The molecule has 0 heterocycles. The summed E-state index contributed by atoms with van der Waals surface area (Å²) in [5.74, 6) is -1.17. The van der Waals surface area contributed by atoms with Crippen LogP contribution in [0.5, 0.6) is 0 Å². The Morgan fingerprint density at radius 1 is 1.05 bits per heavy atom. The molecule has 19 heavy (non-hydrogen) atoms. The minimum atomic E-state index is -0.616. The lowest BCUT2D eigenvalue weighted by Gasteiger charge is -2.13. The van der Waals surface area contributed by atoms with E-state index in [0.29, 0.717) is 11.1 Å². The summed E-state index contributed by atoms with van der Waals surface area (Å²) in [6.07, 6.45) is 1.98.